The highest BCUT2D eigenvalue weighted by atomic mass is 28.3. The van der Waals surface area contributed by atoms with Crippen LogP contribution in [0.4, 0.5) is 0 Å². The average Bonchev–Trinajstić information content (AvgIpc) is 2.22. The summed E-state index contributed by atoms with van der Waals surface area (Å²) in [5, 5.41) is 1.45. The zero-order valence-electron chi connectivity index (χ0n) is 12.5. The molecule has 0 atom stereocenters. The Hall–Kier alpha value is -1.05. The fourth-order valence-electron chi connectivity index (χ4n) is 1.68. The maximum Gasteiger partial charge on any atom is 0.129 e. The largest absolute Gasteiger partial charge is 0.129 e. The summed E-state index contributed by atoms with van der Waals surface area (Å²) in [6.45, 7) is 14.0. The van der Waals surface area contributed by atoms with Crippen LogP contribution in [0.25, 0.3) is 5.20 Å². The quantitative estimate of drug-likeness (QED) is 0.534. The third kappa shape index (κ3) is 5.07. The molecule has 0 aliphatic carbocycles. The van der Waals surface area contributed by atoms with Gasteiger partial charge >= 0.3 is 0 Å². The molecule has 1 aromatic carbocycles. The van der Waals surface area contributed by atoms with Gasteiger partial charge in [-0.25, -0.2) is 0 Å². The van der Waals surface area contributed by atoms with Gasteiger partial charge in [-0.1, -0.05) is 75.5 Å². The number of benzene rings is 1. The van der Waals surface area contributed by atoms with E-state index in [0.717, 1.165) is 0 Å². The van der Waals surface area contributed by atoms with Crippen molar-refractivity contribution >= 4 is 21.3 Å². The van der Waals surface area contributed by atoms with Gasteiger partial charge in [0.25, 0.3) is 0 Å². The summed E-state index contributed by atoms with van der Waals surface area (Å²) in [5.41, 5.74) is 4.76. The first-order valence-electron chi connectivity index (χ1n) is 6.49. The van der Waals surface area contributed by atoms with Crippen molar-refractivity contribution in [2.45, 2.75) is 39.3 Å². The lowest BCUT2D eigenvalue weighted by molar-refractivity contribution is 1.61. The van der Waals surface area contributed by atoms with Crippen LogP contribution < -0.4 is 0 Å². The van der Waals surface area contributed by atoms with E-state index in [1.54, 1.807) is 0 Å². The summed E-state index contributed by atoms with van der Waals surface area (Å²) >= 11 is 0. The lowest BCUT2D eigenvalue weighted by Crippen LogP contribution is -2.22. The van der Waals surface area contributed by atoms with E-state index < -0.39 is 16.1 Å². The molecule has 1 rings (SSSR count). The van der Waals surface area contributed by atoms with E-state index >= 15 is 0 Å². The number of hydrogen-bond donors (Lipinski definition) is 0. The molecule has 0 aromatic heterocycles. The number of allylic oxidation sites excluding steroid dienone is 1. The summed E-state index contributed by atoms with van der Waals surface area (Å²) in [6.07, 6.45) is 2.17. The minimum atomic E-state index is -1.35. The van der Waals surface area contributed by atoms with E-state index in [1.165, 1.54) is 10.8 Å². The molecule has 0 radical (unpaired) electrons. The van der Waals surface area contributed by atoms with Crippen molar-refractivity contribution in [2.24, 2.45) is 0 Å². The molecule has 0 amide bonds. The molecule has 96 valence electrons. The molecule has 0 aliphatic heterocycles. The fraction of sp³-hybridized carbons (Fsp3) is 0.375. The summed E-state index contributed by atoms with van der Waals surface area (Å²) < 4.78 is 0. The first kappa shape index (κ1) is 15.0. The Morgan fingerprint density at radius 3 is 1.94 bits per heavy atom. The van der Waals surface area contributed by atoms with Crippen molar-refractivity contribution in [1.29, 1.82) is 0 Å². The van der Waals surface area contributed by atoms with E-state index in [2.05, 4.69) is 87.2 Å². The topological polar surface area (TPSA) is 0 Å². The van der Waals surface area contributed by atoms with Crippen molar-refractivity contribution in [3.05, 3.63) is 42.0 Å². The molecule has 0 saturated carbocycles. The summed E-state index contributed by atoms with van der Waals surface area (Å²) in [7, 11) is -2.62. The Labute approximate surface area is 114 Å². The molecule has 0 spiro atoms. The maximum absolute atomic E-state index is 3.43. The van der Waals surface area contributed by atoms with E-state index in [4.69, 9.17) is 0 Å². The van der Waals surface area contributed by atoms with Crippen molar-refractivity contribution in [2.75, 3.05) is 0 Å². The van der Waals surface area contributed by atoms with Crippen molar-refractivity contribution < 1.29 is 0 Å². The Balaban J connectivity index is 3.16. The second-order valence-corrected chi connectivity index (χ2v) is 16.5. The molecule has 0 N–H and O–H groups in total. The van der Waals surface area contributed by atoms with Gasteiger partial charge < -0.3 is 0 Å². The Kier molecular flexibility index (Phi) is 4.78. The van der Waals surface area contributed by atoms with E-state index in [1.807, 2.05) is 0 Å². The molecule has 18 heavy (non-hydrogen) atoms. The first-order valence-corrected chi connectivity index (χ1v) is 13.5. The van der Waals surface area contributed by atoms with Gasteiger partial charge in [-0.2, -0.15) is 0 Å². The van der Waals surface area contributed by atoms with Crippen LogP contribution in [0.15, 0.2) is 36.4 Å². The molecule has 0 nitrogen and oxygen atoms in total. The molecule has 1 aromatic rings. The highest BCUT2D eigenvalue weighted by Gasteiger charge is 2.20. The van der Waals surface area contributed by atoms with Crippen LogP contribution in [0, 0.1) is 11.5 Å². The van der Waals surface area contributed by atoms with Crippen LogP contribution in [0.5, 0.6) is 0 Å². The molecule has 0 bridgehead atoms. The monoisotopic (exact) mass is 272 g/mol. The van der Waals surface area contributed by atoms with Crippen LogP contribution in [-0.2, 0) is 0 Å². The van der Waals surface area contributed by atoms with Crippen molar-refractivity contribution in [3.8, 4) is 11.5 Å². The summed E-state index contributed by atoms with van der Waals surface area (Å²) in [6, 6.07) is 10.7. The van der Waals surface area contributed by atoms with Crippen LogP contribution in [0.1, 0.15) is 5.56 Å². The minimum Gasteiger partial charge on any atom is -0.127 e. The molecule has 0 aliphatic rings. The van der Waals surface area contributed by atoms with Crippen molar-refractivity contribution in [3.63, 3.8) is 0 Å². The maximum atomic E-state index is 3.43. The van der Waals surface area contributed by atoms with Crippen LogP contribution in [-0.4, -0.2) is 16.1 Å². The number of hydrogen-bond acceptors (Lipinski definition) is 0. The Morgan fingerprint density at radius 1 is 0.944 bits per heavy atom. The Bertz CT molecular complexity index is 474. The van der Waals surface area contributed by atoms with E-state index in [-0.39, 0.29) is 0 Å². The van der Waals surface area contributed by atoms with Gasteiger partial charge in [-0.3, -0.25) is 0 Å². The number of rotatable bonds is 2. The predicted molar refractivity (Wildman–Crippen MR) is 88.9 cm³/mol. The first-order chi connectivity index (χ1) is 8.20. The third-order valence-corrected chi connectivity index (χ3v) is 5.50. The summed E-state index contributed by atoms with van der Waals surface area (Å²) in [5.74, 6) is 3.31. The van der Waals surface area contributed by atoms with Gasteiger partial charge in [0.1, 0.15) is 8.07 Å². The lowest BCUT2D eigenvalue weighted by atomic mass is 10.2. The third-order valence-electron chi connectivity index (χ3n) is 2.56. The standard InChI is InChI=1S/C16H24Si2/c1-17(2,3)14-10-13-16(18(4,5)6)15-11-8-7-9-12-15/h7-9,11-13H,1-6H3/b16-13-. The summed E-state index contributed by atoms with van der Waals surface area (Å²) in [4.78, 5) is 0. The molecule has 0 unspecified atom stereocenters. The van der Waals surface area contributed by atoms with Gasteiger partial charge in [0, 0.05) is 0 Å². The minimum absolute atomic E-state index is 1.27. The predicted octanol–water partition coefficient (Wildman–Crippen LogP) is 4.83. The van der Waals surface area contributed by atoms with Crippen LogP contribution in [0.3, 0.4) is 0 Å². The molecular weight excluding hydrogens is 248 g/mol. The van der Waals surface area contributed by atoms with Gasteiger partial charge in [0.2, 0.25) is 0 Å². The second kappa shape index (κ2) is 5.73. The van der Waals surface area contributed by atoms with Crippen molar-refractivity contribution in [1.82, 2.24) is 0 Å². The molecule has 0 saturated heterocycles. The molecule has 0 fully saturated rings. The fourth-order valence-corrected chi connectivity index (χ4v) is 3.72. The van der Waals surface area contributed by atoms with Crippen LogP contribution in [0.2, 0.25) is 39.3 Å². The van der Waals surface area contributed by atoms with Gasteiger partial charge in [-0.15, -0.1) is 5.54 Å². The SMILES string of the molecule is C[Si](C)(C)C#C/C=C(/c1ccccc1)[Si](C)(C)C. The zero-order chi connectivity index (χ0) is 13.8. The van der Waals surface area contributed by atoms with Gasteiger partial charge in [0.05, 0.1) is 8.07 Å². The molecular formula is C16H24Si2. The van der Waals surface area contributed by atoms with E-state index in [9.17, 15) is 0 Å². The highest BCUT2D eigenvalue weighted by Crippen LogP contribution is 2.25. The molecule has 0 heterocycles. The smallest absolute Gasteiger partial charge is 0.127 e. The average molecular weight is 273 g/mol. The van der Waals surface area contributed by atoms with Crippen LogP contribution >= 0.6 is 0 Å². The van der Waals surface area contributed by atoms with E-state index in [0.29, 0.717) is 0 Å². The van der Waals surface area contributed by atoms with Gasteiger partial charge in [-0.05, 0) is 16.8 Å². The second-order valence-electron chi connectivity index (χ2n) is 6.69. The van der Waals surface area contributed by atoms with Gasteiger partial charge in [0.15, 0.2) is 0 Å². The molecule has 2 heteroatoms. The highest BCUT2D eigenvalue weighted by molar-refractivity contribution is 6.93. The normalized spacial score (nSPS) is 12.9. The zero-order valence-corrected chi connectivity index (χ0v) is 14.5. The Morgan fingerprint density at radius 2 is 1.50 bits per heavy atom. The lowest BCUT2D eigenvalue weighted by Gasteiger charge is -2.20.